The van der Waals surface area contributed by atoms with E-state index in [-0.39, 0.29) is 18.4 Å². The molecule has 1 aromatic carbocycles. The molecule has 0 bridgehead atoms. The Balaban J connectivity index is 1.38. The van der Waals surface area contributed by atoms with E-state index in [2.05, 4.69) is 15.6 Å². The van der Waals surface area contributed by atoms with Gasteiger partial charge >= 0.3 is 0 Å². The molecule has 0 spiro atoms. The number of hydrogen-bond acceptors (Lipinski definition) is 5. The molecule has 0 aliphatic rings. The first-order valence-electron chi connectivity index (χ1n) is 7.61. The van der Waals surface area contributed by atoms with Gasteiger partial charge in [-0.1, -0.05) is 12.1 Å². The average Bonchev–Trinajstić information content (AvgIpc) is 3.25. The number of rotatable bonds is 7. The summed E-state index contributed by atoms with van der Waals surface area (Å²) in [6.45, 7) is 0.271. The minimum Gasteiger partial charge on any atom is -0.467 e. The fourth-order valence-electron chi connectivity index (χ4n) is 2.18. The zero-order valence-corrected chi connectivity index (χ0v) is 13.8. The quantitative estimate of drug-likeness (QED) is 0.689. The number of benzene rings is 1. The van der Waals surface area contributed by atoms with Crippen molar-refractivity contribution in [1.29, 1.82) is 0 Å². The zero-order valence-electron chi connectivity index (χ0n) is 13.0. The summed E-state index contributed by atoms with van der Waals surface area (Å²) in [5, 5.41) is 6.21. The third kappa shape index (κ3) is 4.42. The topological polar surface area (TPSA) is 84.2 Å². The Bertz CT molecular complexity index is 794. The van der Waals surface area contributed by atoms with Gasteiger partial charge in [-0.05, 0) is 24.3 Å². The number of thiazole rings is 1. The lowest BCUT2D eigenvalue weighted by Gasteiger charge is -2.05. The van der Waals surface area contributed by atoms with Gasteiger partial charge in [0, 0.05) is 12.8 Å². The summed E-state index contributed by atoms with van der Waals surface area (Å²) in [6.07, 6.45) is 2.43. The van der Waals surface area contributed by atoms with Crippen molar-refractivity contribution >= 4 is 33.4 Å². The molecule has 3 rings (SSSR count). The molecule has 0 saturated carbocycles. The van der Waals surface area contributed by atoms with Crippen LogP contribution in [0.1, 0.15) is 17.2 Å². The Hall–Kier alpha value is -2.67. The summed E-state index contributed by atoms with van der Waals surface area (Å²) < 4.78 is 6.23. The first-order chi connectivity index (χ1) is 11.7. The van der Waals surface area contributed by atoms with Crippen LogP contribution in [-0.4, -0.2) is 23.3 Å². The van der Waals surface area contributed by atoms with Crippen molar-refractivity contribution in [3.05, 3.63) is 53.4 Å². The molecule has 0 fully saturated rings. The van der Waals surface area contributed by atoms with E-state index in [1.807, 2.05) is 24.3 Å². The number of aryl methyl sites for hydroxylation is 1. The number of carbonyl (C=O) groups is 2. The highest BCUT2D eigenvalue weighted by Gasteiger charge is 2.09. The van der Waals surface area contributed by atoms with Gasteiger partial charge in [0.25, 0.3) is 0 Å². The van der Waals surface area contributed by atoms with Crippen LogP contribution >= 0.6 is 11.3 Å². The first-order valence-corrected chi connectivity index (χ1v) is 8.42. The van der Waals surface area contributed by atoms with Crippen molar-refractivity contribution in [2.45, 2.75) is 19.4 Å². The number of fused-ring (bicyclic) bond motifs is 1. The predicted octanol–water partition coefficient (Wildman–Crippen LogP) is 2.25. The van der Waals surface area contributed by atoms with E-state index >= 15 is 0 Å². The fourth-order valence-corrected chi connectivity index (χ4v) is 3.14. The van der Waals surface area contributed by atoms with E-state index in [9.17, 15) is 9.59 Å². The Kier molecular flexibility index (Phi) is 5.22. The van der Waals surface area contributed by atoms with E-state index in [0.717, 1.165) is 15.2 Å². The van der Waals surface area contributed by atoms with E-state index in [1.165, 1.54) is 0 Å². The molecule has 2 amide bonds. The summed E-state index contributed by atoms with van der Waals surface area (Å²) in [7, 11) is 0. The predicted molar refractivity (Wildman–Crippen MR) is 91.5 cm³/mol. The van der Waals surface area contributed by atoms with Crippen LogP contribution in [0.3, 0.4) is 0 Å². The molecular weight excluding hydrogens is 326 g/mol. The number of aromatic nitrogens is 1. The molecule has 2 heterocycles. The van der Waals surface area contributed by atoms with Gasteiger partial charge in [-0.15, -0.1) is 11.3 Å². The highest BCUT2D eigenvalue weighted by Crippen LogP contribution is 2.22. The molecule has 2 N–H and O–H groups in total. The number of hydrogen-bond donors (Lipinski definition) is 2. The van der Waals surface area contributed by atoms with Crippen LogP contribution in [0.2, 0.25) is 0 Å². The molecule has 7 heteroatoms. The summed E-state index contributed by atoms with van der Waals surface area (Å²) >= 11 is 1.59. The van der Waals surface area contributed by atoms with Gasteiger partial charge in [0.15, 0.2) is 0 Å². The SMILES string of the molecule is O=C(CCc1nc2ccccc2s1)NCC(=O)NCc1ccco1. The second-order valence-electron chi connectivity index (χ2n) is 5.21. The summed E-state index contributed by atoms with van der Waals surface area (Å²) in [5.74, 6) is 0.257. The van der Waals surface area contributed by atoms with Crippen LogP contribution in [0.4, 0.5) is 0 Å². The molecule has 0 aliphatic carbocycles. The van der Waals surface area contributed by atoms with Crippen LogP contribution in [0.25, 0.3) is 10.2 Å². The summed E-state index contributed by atoms with van der Waals surface area (Å²) in [4.78, 5) is 28.0. The lowest BCUT2D eigenvalue weighted by atomic mass is 10.3. The van der Waals surface area contributed by atoms with Crippen LogP contribution < -0.4 is 10.6 Å². The van der Waals surface area contributed by atoms with Gasteiger partial charge in [0.2, 0.25) is 11.8 Å². The lowest BCUT2D eigenvalue weighted by Crippen LogP contribution is -2.36. The molecule has 0 aliphatic heterocycles. The van der Waals surface area contributed by atoms with E-state index in [0.29, 0.717) is 25.1 Å². The van der Waals surface area contributed by atoms with Gasteiger partial charge in [0.1, 0.15) is 5.76 Å². The molecule has 2 aromatic heterocycles. The normalized spacial score (nSPS) is 10.7. The number of nitrogens with zero attached hydrogens (tertiary/aromatic N) is 1. The third-order valence-electron chi connectivity index (χ3n) is 3.39. The summed E-state index contributed by atoms with van der Waals surface area (Å²) in [5.41, 5.74) is 0.954. The smallest absolute Gasteiger partial charge is 0.239 e. The Morgan fingerprint density at radius 2 is 1.96 bits per heavy atom. The average molecular weight is 343 g/mol. The van der Waals surface area contributed by atoms with Crippen LogP contribution in [0.5, 0.6) is 0 Å². The van der Waals surface area contributed by atoms with Gasteiger partial charge in [-0.25, -0.2) is 4.98 Å². The molecule has 24 heavy (non-hydrogen) atoms. The standard InChI is InChI=1S/C17H17N3O3S/c21-15(19-11-16(22)18-10-12-4-3-9-23-12)7-8-17-20-13-5-1-2-6-14(13)24-17/h1-6,9H,7-8,10-11H2,(H,18,22)(H,19,21). The number of amides is 2. The van der Waals surface area contributed by atoms with Crippen molar-refractivity contribution in [2.75, 3.05) is 6.54 Å². The van der Waals surface area contributed by atoms with Crippen molar-refractivity contribution in [1.82, 2.24) is 15.6 Å². The van der Waals surface area contributed by atoms with Crippen LogP contribution in [-0.2, 0) is 22.6 Å². The molecule has 0 atom stereocenters. The minimum atomic E-state index is -0.250. The number of carbonyl (C=O) groups excluding carboxylic acids is 2. The molecule has 0 saturated heterocycles. The Morgan fingerprint density at radius 1 is 1.08 bits per heavy atom. The highest BCUT2D eigenvalue weighted by molar-refractivity contribution is 7.18. The number of para-hydroxylation sites is 1. The monoisotopic (exact) mass is 343 g/mol. The zero-order chi connectivity index (χ0) is 16.8. The van der Waals surface area contributed by atoms with Gasteiger partial charge in [-0.2, -0.15) is 0 Å². The number of nitrogens with one attached hydrogen (secondary N) is 2. The van der Waals surface area contributed by atoms with Gasteiger partial charge in [-0.3, -0.25) is 9.59 Å². The first kappa shape index (κ1) is 16.2. The molecule has 124 valence electrons. The largest absolute Gasteiger partial charge is 0.467 e. The second-order valence-corrected chi connectivity index (χ2v) is 6.32. The van der Waals surface area contributed by atoms with Crippen molar-refractivity contribution in [3.8, 4) is 0 Å². The molecule has 0 unspecified atom stereocenters. The van der Waals surface area contributed by atoms with Crippen molar-refractivity contribution in [3.63, 3.8) is 0 Å². The van der Waals surface area contributed by atoms with Crippen molar-refractivity contribution in [2.24, 2.45) is 0 Å². The lowest BCUT2D eigenvalue weighted by molar-refractivity contribution is -0.126. The van der Waals surface area contributed by atoms with Crippen LogP contribution in [0, 0.1) is 0 Å². The van der Waals surface area contributed by atoms with E-state index in [1.54, 1.807) is 29.7 Å². The third-order valence-corrected chi connectivity index (χ3v) is 4.49. The van der Waals surface area contributed by atoms with Crippen LogP contribution in [0.15, 0.2) is 47.1 Å². The maximum atomic E-state index is 11.8. The minimum absolute atomic E-state index is 0.0423. The Morgan fingerprint density at radius 3 is 2.75 bits per heavy atom. The summed E-state index contributed by atoms with van der Waals surface area (Å²) in [6, 6.07) is 11.4. The number of furan rings is 1. The second kappa shape index (κ2) is 7.74. The molecular formula is C17H17N3O3S. The molecule has 3 aromatic rings. The maximum Gasteiger partial charge on any atom is 0.239 e. The maximum absolute atomic E-state index is 11.8. The highest BCUT2D eigenvalue weighted by atomic mass is 32.1. The van der Waals surface area contributed by atoms with Crippen molar-refractivity contribution < 1.29 is 14.0 Å². The fraction of sp³-hybridized carbons (Fsp3) is 0.235. The van der Waals surface area contributed by atoms with E-state index < -0.39 is 0 Å². The molecule has 0 radical (unpaired) electrons. The van der Waals surface area contributed by atoms with Gasteiger partial charge < -0.3 is 15.1 Å². The van der Waals surface area contributed by atoms with E-state index in [4.69, 9.17) is 4.42 Å². The van der Waals surface area contributed by atoms with Gasteiger partial charge in [0.05, 0.1) is 34.6 Å². The Labute approximate surface area is 142 Å². The molecule has 6 nitrogen and oxygen atoms in total.